The second-order valence-corrected chi connectivity index (χ2v) is 4.95. The number of benzene rings is 1. The number of halogens is 1. The van der Waals surface area contributed by atoms with Gasteiger partial charge in [0.05, 0.1) is 0 Å². The topological polar surface area (TPSA) is 27.8 Å². The first-order valence-electron chi connectivity index (χ1n) is 6.22. The molecule has 2 nitrogen and oxygen atoms in total. The number of H-pyrrole nitrogens is 1. The highest BCUT2D eigenvalue weighted by molar-refractivity contribution is 5.85. The van der Waals surface area contributed by atoms with E-state index in [1.165, 1.54) is 6.42 Å². The van der Waals surface area contributed by atoms with E-state index in [4.69, 9.17) is 0 Å². The van der Waals surface area contributed by atoms with Crippen molar-refractivity contribution in [2.24, 2.45) is 5.92 Å². The molecule has 1 unspecified atom stereocenters. The van der Waals surface area contributed by atoms with Crippen LogP contribution in [0.15, 0.2) is 18.2 Å². The van der Waals surface area contributed by atoms with Gasteiger partial charge in [0.25, 0.3) is 0 Å². The minimum atomic E-state index is -0.104. The fourth-order valence-electron chi connectivity index (χ4n) is 2.83. The van der Waals surface area contributed by atoms with Crippen molar-refractivity contribution < 1.29 is 4.39 Å². The van der Waals surface area contributed by atoms with Gasteiger partial charge in [0.15, 0.2) is 0 Å². The van der Waals surface area contributed by atoms with Crippen LogP contribution in [0.1, 0.15) is 17.7 Å². The molecule has 2 heterocycles. The van der Waals surface area contributed by atoms with Gasteiger partial charge in [-0.15, -0.1) is 0 Å². The Hall–Kier alpha value is -1.35. The van der Waals surface area contributed by atoms with Crippen LogP contribution in [0.25, 0.3) is 10.9 Å². The molecule has 1 saturated heterocycles. The lowest BCUT2D eigenvalue weighted by Crippen LogP contribution is -2.11. The molecule has 0 saturated carbocycles. The van der Waals surface area contributed by atoms with Gasteiger partial charge in [0.1, 0.15) is 5.82 Å². The first kappa shape index (κ1) is 10.8. The molecule has 17 heavy (non-hydrogen) atoms. The van der Waals surface area contributed by atoms with Crippen molar-refractivity contribution >= 4 is 10.9 Å². The summed E-state index contributed by atoms with van der Waals surface area (Å²) >= 11 is 0. The van der Waals surface area contributed by atoms with Crippen LogP contribution in [0.3, 0.4) is 0 Å². The van der Waals surface area contributed by atoms with E-state index in [1.807, 2.05) is 13.0 Å². The van der Waals surface area contributed by atoms with E-state index >= 15 is 0 Å². The van der Waals surface area contributed by atoms with Gasteiger partial charge >= 0.3 is 0 Å². The van der Waals surface area contributed by atoms with Crippen LogP contribution >= 0.6 is 0 Å². The molecule has 1 atom stereocenters. The third-order valence-electron chi connectivity index (χ3n) is 3.75. The summed E-state index contributed by atoms with van der Waals surface area (Å²) in [4.78, 5) is 3.28. The number of aryl methyl sites for hydroxylation is 1. The van der Waals surface area contributed by atoms with Gasteiger partial charge in [0.2, 0.25) is 0 Å². The van der Waals surface area contributed by atoms with Crippen molar-refractivity contribution in [3.05, 3.63) is 35.3 Å². The molecule has 1 fully saturated rings. The Morgan fingerprint density at radius 2 is 2.29 bits per heavy atom. The minimum absolute atomic E-state index is 0.104. The molecular weight excluding hydrogens is 215 g/mol. The minimum Gasteiger partial charge on any atom is -0.358 e. The zero-order valence-electron chi connectivity index (χ0n) is 10.0. The predicted octanol–water partition coefficient (Wildman–Crippen LogP) is 2.77. The Morgan fingerprint density at radius 1 is 1.41 bits per heavy atom. The highest BCUT2D eigenvalue weighted by Crippen LogP contribution is 2.28. The number of hydrogen-bond donors (Lipinski definition) is 2. The van der Waals surface area contributed by atoms with E-state index in [2.05, 4.69) is 10.3 Å². The van der Waals surface area contributed by atoms with Crippen LogP contribution in [-0.2, 0) is 6.42 Å². The van der Waals surface area contributed by atoms with E-state index in [0.29, 0.717) is 5.92 Å². The standard InChI is InChI=1S/C14H17FN2/c1-9-11(7-10-5-6-16-8-10)14-12(15)3-2-4-13(14)17-9/h2-4,10,16-17H,5-8H2,1H3. The lowest BCUT2D eigenvalue weighted by atomic mass is 9.96. The van der Waals surface area contributed by atoms with Gasteiger partial charge in [-0.2, -0.15) is 0 Å². The number of rotatable bonds is 2. The Kier molecular flexibility index (Phi) is 2.63. The Bertz CT molecular complexity index is 538. The van der Waals surface area contributed by atoms with Crippen molar-refractivity contribution in [3.63, 3.8) is 0 Å². The van der Waals surface area contributed by atoms with E-state index in [0.717, 1.165) is 41.7 Å². The van der Waals surface area contributed by atoms with Gasteiger partial charge in [-0.3, -0.25) is 0 Å². The quantitative estimate of drug-likeness (QED) is 0.818. The van der Waals surface area contributed by atoms with E-state index in [-0.39, 0.29) is 5.82 Å². The van der Waals surface area contributed by atoms with Crippen LogP contribution in [0.4, 0.5) is 4.39 Å². The molecule has 0 radical (unpaired) electrons. The molecule has 90 valence electrons. The zero-order valence-corrected chi connectivity index (χ0v) is 10.0. The third kappa shape index (κ3) is 1.84. The average molecular weight is 232 g/mol. The molecule has 1 aromatic heterocycles. The molecule has 0 amide bonds. The predicted molar refractivity (Wildman–Crippen MR) is 67.7 cm³/mol. The molecule has 0 spiro atoms. The molecule has 3 heteroatoms. The monoisotopic (exact) mass is 232 g/mol. The summed E-state index contributed by atoms with van der Waals surface area (Å²) in [6.07, 6.45) is 2.17. The van der Waals surface area contributed by atoms with Crippen molar-refractivity contribution in [1.82, 2.24) is 10.3 Å². The number of fused-ring (bicyclic) bond motifs is 1. The number of hydrogen-bond acceptors (Lipinski definition) is 1. The lowest BCUT2D eigenvalue weighted by Gasteiger charge is -2.08. The van der Waals surface area contributed by atoms with Crippen LogP contribution in [-0.4, -0.2) is 18.1 Å². The molecule has 2 aromatic rings. The van der Waals surface area contributed by atoms with Crippen molar-refractivity contribution in [2.45, 2.75) is 19.8 Å². The molecule has 2 N–H and O–H groups in total. The van der Waals surface area contributed by atoms with E-state index in [9.17, 15) is 4.39 Å². The Morgan fingerprint density at radius 3 is 3.06 bits per heavy atom. The summed E-state index contributed by atoms with van der Waals surface area (Å²) in [6.45, 7) is 4.19. The molecule has 0 bridgehead atoms. The highest BCUT2D eigenvalue weighted by Gasteiger charge is 2.19. The zero-order chi connectivity index (χ0) is 11.8. The molecule has 0 aliphatic carbocycles. The Balaban J connectivity index is 2.04. The molecule has 1 aromatic carbocycles. The first-order valence-corrected chi connectivity index (χ1v) is 6.22. The maximum absolute atomic E-state index is 13.9. The van der Waals surface area contributed by atoms with Gasteiger partial charge in [-0.1, -0.05) is 6.07 Å². The average Bonchev–Trinajstić information content (AvgIpc) is 2.89. The molecule has 1 aliphatic heterocycles. The van der Waals surface area contributed by atoms with Crippen LogP contribution in [0.5, 0.6) is 0 Å². The summed E-state index contributed by atoms with van der Waals surface area (Å²) in [5, 5.41) is 4.15. The van der Waals surface area contributed by atoms with Crippen molar-refractivity contribution in [3.8, 4) is 0 Å². The van der Waals surface area contributed by atoms with Crippen LogP contribution in [0.2, 0.25) is 0 Å². The smallest absolute Gasteiger partial charge is 0.132 e. The summed E-state index contributed by atoms with van der Waals surface area (Å²) in [7, 11) is 0. The second-order valence-electron chi connectivity index (χ2n) is 4.95. The summed E-state index contributed by atoms with van der Waals surface area (Å²) < 4.78 is 13.9. The van der Waals surface area contributed by atoms with Crippen LogP contribution < -0.4 is 5.32 Å². The number of aromatic amines is 1. The lowest BCUT2D eigenvalue weighted by molar-refractivity contribution is 0.578. The fourth-order valence-corrected chi connectivity index (χ4v) is 2.83. The van der Waals surface area contributed by atoms with Gasteiger partial charge in [0, 0.05) is 16.6 Å². The SMILES string of the molecule is Cc1[nH]c2cccc(F)c2c1CC1CCNC1. The summed E-state index contributed by atoms with van der Waals surface area (Å²) in [6, 6.07) is 5.25. The maximum atomic E-state index is 13.9. The molecule has 1 aliphatic rings. The van der Waals surface area contributed by atoms with Crippen LogP contribution in [0, 0.1) is 18.7 Å². The van der Waals surface area contributed by atoms with Gasteiger partial charge in [-0.25, -0.2) is 4.39 Å². The summed E-state index contributed by atoms with van der Waals surface area (Å²) in [5.41, 5.74) is 3.19. The Labute approximate surface area is 100 Å². The summed E-state index contributed by atoms with van der Waals surface area (Å²) in [5.74, 6) is 0.542. The normalized spacial score (nSPS) is 20.2. The number of nitrogens with one attached hydrogen (secondary N) is 2. The number of aromatic nitrogens is 1. The highest BCUT2D eigenvalue weighted by atomic mass is 19.1. The third-order valence-corrected chi connectivity index (χ3v) is 3.75. The van der Waals surface area contributed by atoms with E-state index < -0.39 is 0 Å². The largest absolute Gasteiger partial charge is 0.358 e. The van der Waals surface area contributed by atoms with Gasteiger partial charge < -0.3 is 10.3 Å². The molecule has 3 rings (SSSR count). The second kappa shape index (κ2) is 4.15. The first-order chi connectivity index (χ1) is 8.25. The van der Waals surface area contributed by atoms with E-state index in [1.54, 1.807) is 12.1 Å². The molecular formula is C14H17FN2. The van der Waals surface area contributed by atoms with Gasteiger partial charge in [-0.05, 0) is 56.5 Å². The van der Waals surface area contributed by atoms with Crippen molar-refractivity contribution in [2.75, 3.05) is 13.1 Å². The maximum Gasteiger partial charge on any atom is 0.132 e. The van der Waals surface area contributed by atoms with Crippen molar-refractivity contribution in [1.29, 1.82) is 0 Å². The fraction of sp³-hybridized carbons (Fsp3) is 0.429.